The summed E-state index contributed by atoms with van der Waals surface area (Å²) in [6, 6.07) is 14.3. The van der Waals surface area contributed by atoms with Crippen molar-refractivity contribution >= 4 is 17.5 Å². The topological polar surface area (TPSA) is 41.6 Å². The van der Waals surface area contributed by atoms with Crippen molar-refractivity contribution in [3.63, 3.8) is 0 Å². The van der Waals surface area contributed by atoms with Crippen LogP contribution in [0.3, 0.4) is 0 Å². The molecule has 4 nitrogen and oxygen atoms in total. The van der Waals surface area contributed by atoms with Gasteiger partial charge >= 0.3 is 0 Å². The highest BCUT2D eigenvalue weighted by atomic mass is 35.5. The van der Waals surface area contributed by atoms with Crippen LogP contribution in [0, 0.1) is 12.8 Å². The minimum atomic E-state index is -0.290. The second kappa shape index (κ2) is 8.60. The average Bonchev–Trinajstić information content (AvgIpc) is 2.70. The van der Waals surface area contributed by atoms with E-state index in [0.29, 0.717) is 0 Å². The van der Waals surface area contributed by atoms with Crippen LogP contribution in [0.5, 0.6) is 5.75 Å². The lowest BCUT2D eigenvalue weighted by atomic mass is 9.88. The van der Waals surface area contributed by atoms with E-state index in [-0.39, 0.29) is 23.5 Å². The Balaban J connectivity index is 1.36. The number of ether oxygens (including phenoxy) is 1. The van der Waals surface area contributed by atoms with E-state index in [2.05, 4.69) is 55.3 Å². The molecule has 1 amide bonds. The predicted octanol–water partition coefficient (Wildman–Crippen LogP) is 5.28. The highest BCUT2D eigenvalue weighted by molar-refractivity contribution is 6.30. The summed E-state index contributed by atoms with van der Waals surface area (Å²) in [5, 5.41) is 4.11. The number of hydrogen-bond acceptors (Lipinski definition) is 3. The van der Waals surface area contributed by atoms with Crippen LogP contribution >= 0.6 is 11.6 Å². The summed E-state index contributed by atoms with van der Waals surface area (Å²) in [4.78, 5) is 15.5. The summed E-state index contributed by atoms with van der Waals surface area (Å²) in [7, 11) is 0. The van der Waals surface area contributed by atoms with Crippen molar-refractivity contribution < 1.29 is 9.53 Å². The number of halogens is 1. The van der Waals surface area contributed by atoms with Gasteiger partial charge in [-0.3, -0.25) is 9.69 Å². The van der Waals surface area contributed by atoms with Gasteiger partial charge in [0.25, 0.3) is 0 Å². The Morgan fingerprint density at radius 1 is 1.17 bits per heavy atom. The third-order valence-corrected chi connectivity index (χ3v) is 6.47. The summed E-state index contributed by atoms with van der Waals surface area (Å²) in [5.74, 6) is 1.14. The molecule has 2 aliphatic heterocycles. The molecular weight excluding hydrogens is 396 g/mol. The molecule has 0 radical (unpaired) electrons. The second-order valence-electron chi connectivity index (χ2n) is 9.35. The van der Waals surface area contributed by atoms with Crippen LogP contribution in [0.1, 0.15) is 55.8 Å². The molecule has 2 heterocycles. The van der Waals surface area contributed by atoms with Crippen LogP contribution in [-0.4, -0.2) is 29.5 Å². The van der Waals surface area contributed by atoms with Crippen LogP contribution in [0.4, 0.5) is 0 Å². The molecule has 1 atom stereocenters. The number of rotatable bonds is 4. The van der Waals surface area contributed by atoms with E-state index >= 15 is 0 Å². The molecule has 1 saturated heterocycles. The third kappa shape index (κ3) is 4.98. The number of fused-ring (bicyclic) bond motifs is 1. The van der Waals surface area contributed by atoms with Crippen LogP contribution in [0.15, 0.2) is 42.5 Å². The largest absolute Gasteiger partial charge is 0.487 e. The maximum atomic E-state index is 13.1. The zero-order chi connectivity index (χ0) is 21.3. The normalized spacial score (nSPS) is 21.5. The zero-order valence-corrected chi connectivity index (χ0v) is 18.8. The number of carbonyl (C=O) groups excluding carboxylic acids is 1. The summed E-state index contributed by atoms with van der Waals surface area (Å²) >= 11 is 5.98. The lowest BCUT2D eigenvalue weighted by Gasteiger charge is -2.39. The van der Waals surface area contributed by atoms with Gasteiger partial charge in [0.2, 0.25) is 5.91 Å². The molecule has 0 saturated carbocycles. The number of benzene rings is 2. The van der Waals surface area contributed by atoms with Crippen LogP contribution < -0.4 is 10.1 Å². The molecule has 0 aliphatic carbocycles. The van der Waals surface area contributed by atoms with E-state index in [9.17, 15) is 4.79 Å². The van der Waals surface area contributed by atoms with Crippen molar-refractivity contribution in [2.75, 3.05) is 13.1 Å². The van der Waals surface area contributed by atoms with E-state index in [1.54, 1.807) is 0 Å². The van der Waals surface area contributed by atoms with Gasteiger partial charge in [0.15, 0.2) is 0 Å². The quantitative estimate of drug-likeness (QED) is 0.723. The third-order valence-electron chi connectivity index (χ3n) is 6.22. The average molecular weight is 427 g/mol. The lowest BCUT2D eigenvalue weighted by molar-refractivity contribution is -0.127. The minimum Gasteiger partial charge on any atom is -0.487 e. The molecule has 1 fully saturated rings. The number of nitrogens with one attached hydrogen (secondary N) is 1. The minimum absolute atomic E-state index is 0.00301. The zero-order valence-electron chi connectivity index (χ0n) is 18.1. The molecule has 5 heteroatoms. The molecule has 2 aromatic rings. The first-order valence-corrected chi connectivity index (χ1v) is 11.2. The van der Waals surface area contributed by atoms with Crippen molar-refractivity contribution in [2.24, 2.45) is 5.92 Å². The van der Waals surface area contributed by atoms with Gasteiger partial charge in [-0.05, 0) is 70.5 Å². The van der Waals surface area contributed by atoms with E-state index in [4.69, 9.17) is 16.3 Å². The highest BCUT2D eigenvalue weighted by Crippen LogP contribution is 2.40. The highest BCUT2D eigenvalue weighted by Gasteiger charge is 2.36. The summed E-state index contributed by atoms with van der Waals surface area (Å²) in [6.45, 7) is 9.04. The van der Waals surface area contributed by atoms with E-state index in [1.165, 1.54) is 11.1 Å². The van der Waals surface area contributed by atoms with Gasteiger partial charge in [0, 0.05) is 29.5 Å². The van der Waals surface area contributed by atoms with Crippen LogP contribution in [0.25, 0.3) is 0 Å². The molecule has 1 N–H and O–H groups in total. The molecule has 0 spiro atoms. The number of amides is 1. The SMILES string of the molecule is Cc1ccc2c(c1)[C@H](NC(=O)C1CCN(Cc3ccc(Cl)cc3)CC1)CC(C)(C)O2. The maximum Gasteiger partial charge on any atom is 0.223 e. The number of likely N-dealkylation sites (tertiary alicyclic amines) is 1. The summed E-state index contributed by atoms with van der Waals surface area (Å²) in [5.41, 5.74) is 3.26. The van der Waals surface area contributed by atoms with E-state index in [0.717, 1.165) is 55.2 Å². The van der Waals surface area contributed by atoms with E-state index < -0.39 is 0 Å². The van der Waals surface area contributed by atoms with Crippen molar-refractivity contribution in [1.29, 1.82) is 0 Å². The van der Waals surface area contributed by atoms with Crippen molar-refractivity contribution in [1.82, 2.24) is 10.2 Å². The predicted molar refractivity (Wildman–Crippen MR) is 121 cm³/mol. The first-order chi connectivity index (χ1) is 14.3. The smallest absolute Gasteiger partial charge is 0.223 e. The number of piperidine rings is 1. The fourth-order valence-corrected chi connectivity index (χ4v) is 4.72. The Morgan fingerprint density at radius 3 is 2.57 bits per heavy atom. The Morgan fingerprint density at radius 2 is 1.87 bits per heavy atom. The van der Waals surface area contributed by atoms with Crippen molar-refractivity contribution in [3.8, 4) is 5.75 Å². The number of aryl methyl sites for hydroxylation is 1. The van der Waals surface area contributed by atoms with Crippen LogP contribution in [0.2, 0.25) is 5.02 Å². The maximum absolute atomic E-state index is 13.1. The molecule has 160 valence electrons. The summed E-state index contributed by atoms with van der Waals surface area (Å²) in [6.07, 6.45) is 2.57. The Labute approximate surface area is 184 Å². The van der Waals surface area contributed by atoms with Gasteiger partial charge in [-0.2, -0.15) is 0 Å². The number of carbonyl (C=O) groups is 1. The Kier molecular flexibility index (Phi) is 6.08. The first kappa shape index (κ1) is 21.2. The fraction of sp³-hybridized carbons (Fsp3) is 0.480. The van der Waals surface area contributed by atoms with Crippen molar-refractivity contribution in [3.05, 3.63) is 64.2 Å². The fourth-order valence-electron chi connectivity index (χ4n) is 4.59. The molecule has 2 aliphatic rings. The molecule has 0 aromatic heterocycles. The molecule has 2 aromatic carbocycles. The monoisotopic (exact) mass is 426 g/mol. The van der Waals surface area contributed by atoms with Crippen molar-refractivity contribution in [2.45, 2.75) is 58.2 Å². The molecule has 4 rings (SSSR count). The van der Waals surface area contributed by atoms with Gasteiger partial charge in [0.05, 0.1) is 6.04 Å². The first-order valence-electron chi connectivity index (χ1n) is 10.9. The Bertz CT molecular complexity index is 902. The molecule has 30 heavy (non-hydrogen) atoms. The second-order valence-corrected chi connectivity index (χ2v) is 9.78. The standard InChI is InChI=1S/C25H31ClN2O2/c1-17-4-9-23-21(14-17)22(15-25(2,3)30-23)27-24(29)19-10-12-28(13-11-19)16-18-5-7-20(26)8-6-18/h4-9,14,19,22H,10-13,15-16H2,1-3H3,(H,27,29)/t22-/m1/s1. The van der Waals surface area contributed by atoms with Crippen LogP contribution in [-0.2, 0) is 11.3 Å². The lowest BCUT2D eigenvalue weighted by Crippen LogP contribution is -2.45. The van der Waals surface area contributed by atoms with Gasteiger partial charge in [-0.25, -0.2) is 0 Å². The molecule has 0 unspecified atom stereocenters. The summed E-state index contributed by atoms with van der Waals surface area (Å²) < 4.78 is 6.14. The van der Waals surface area contributed by atoms with Gasteiger partial charge in [0.1, 0.15) is 11.4 Å². The van der Waals surface area contributed by atoms with Gasteiger partial charge in [-0.1, -0.05) is 41.4 Å². The number of nitrogens with zero attached hydrogens (tertiary/aromatic N) is 1. The Hall–Kier alpha value is -2.04. The molecule has 0 bridgehead atoms. The van der Waals surface area contributed by atoms with E-state index in [1.807, 2.05) is 18.2 Å². The van der Waals surface area contributed by atoms with Gasteiger partial charge in [-0.15, -0.1) is 0 Å². The number of hydrogen-bond donors (Lipinski definition) is 1. The van der Waals surface area contributed by atoms with Gasteiger partial charge < -0.3 is 10.1 Å². The molecular formula is C25H31ClN2O2.